The number of amides is 2. The van der Waals surface area contributed by atoms with Gasteiger partial charge in [0.25, 0.3) is 11.8 Å². The Bertz CT molecular complexity index is 1490. The summed E-state index contributed by atoms with van der Waals surface area (Å²) in [5.41, 5.74) is 3.62. The van der Waals surface area contributed by atoms with Crippen LogP contribution in [0.5, 0.6) is 5.75 Å². The standard InChI is InChI=1S/C31H30N4O4/c1-3-14-38-25-12-7-9-22(16-25)29-23(19-35(33-29)24-10-5-4-6-11-24)17-27-21(2)28(18-32)31(37)34(30(27)36)20-26-13-8-15-39-26/h4-7,9-12,16-17,19,26H,3,8,13-15,20H2,1-2H3/b27-17+. The lowest BCUT2D eigenvalue weighted by atomic mass is 9.93. The molecule has 1 unspecified atom stereocenters. The van der Waals surface area contributed by atoms with Crippen LogP contribution in [0.25, 0.3) is 23.0 Å². The van der Waals surface area contributed by atoms with Gasteiger partial charge in [-0.25, -0.2) is 4.68 Å². The van der Waals surface area contributed by atoms with Crippen LogP contribution < -0.4 is 4.74 Å². The molecule has 0 N–H and O–H groups in total. The van der Waals surface area contributed by atoms with Crippen molar-refractivity contribution in [3.8, 4) is 28.8 Å². The molecule has 3 aromatic rings. The molecular formula is C31H30N4O4. The number of carbonyl (C=O) groups excluding carboxylic acids is 2. The highest BCUT2D eigenvalue weighted by molar-refractivity contribution is 6.19. The smallest absolute Gasteiger partial charge is 0.271 e. The van der Waals surface area contributed by atoms with Crippen LogP contribution in [-0.4, -0.2) is 52.4 Å². The quantitative estimate of drug-likeness (QED) is 0.302. The number of nitriles is 1. The summed E-state index contributed by atoms with van der Waals surface area (Å²) in [5.74, 6) is -0.286. The Morgan fingerprint density at radius 2 is 1.97 bits per heavy atom. The molecule has 0 spiro atoms. The third-order valence-electron chi connectivity index (χ3n) is 6.88. The lowest BCUT2D eigenvalue weighted by Gasteiger charge is -2.29. The minimum absolute atomic E-state index is 0.0363. The second-order valence-corrected chi connectivity index (χ2v) is 9.62. The fourth-order valence-corrected chi connectivity index (χ4v) is 4.83. The van der Waals surface area contributed by atoms with Gasteiger partial charge in [-0.05, 0) is 62.1 Å². The number of para-hydroxylation sites is 1. The molecule has 2 aliphatic rings. The van der Waals surface area contributed by atoms with E-state index in [1.54, 1.807) is 17.7 Å². The maximum Gasteiger partial charge on any atom is 0.271 e. The predicted molar refractivity (Wildman–Crippen MR) is 147 cm³/mol. The second-order valence-electron chi connectivity index (χ2n) is 9.62. The molecule has 2 aromatic carbocycles. The van der Waals surface area contributed by atoms with Crippen molar-refractivity contribution in [3.63, 3.8) is 0 Å². The van der Waals surface area contributed by atoms with Crippen molar-refractivity contribution in [2.75, 3.05) is 19.8 Å². The van der Waals surface area contributed by atoms with E-state index in [1.807, 2.05) is 66.9 Å². The molecule has 8 heteroatoms. The topological polar surface area (TPSA) is 97.4 Å². The molecule has 1 aromatic heterocycles. The summed E-state index contributed by atoms with van der Waals surface area (Å²) in [6.45, 7) is 5.02. The number of rotatable bonds is 8. The lowest BCUT2D eigenvalue weighted by Crippen LogP contribution is -2.46. The van der Waals surface area contributed by atoms with Gasteiger partial charge in [0.2, 0.25) is 0 Å². The van der Waals surface area contributed by atoms with E-state index >= 15 is 0 Å². The maximum absolute atomic E-state index is 13.7. The van der Waals surface area contributed by atoms with Crippen molar-refractivity contribution in [3.05, 3.63) is 83.1 Å². The van der Waals surface area contributed by atoms with Crippen molar-refractivity contribution >= 4 is 17.9 Å². The molecule has 39 heavy (non-hydrogen) atoms. The zero-order valence-corrected chi connectivity index (χ0v) is 22.1. The molecule has 0 bridgehead atoms. The Morgan fingerprint density at radius 1 is 1.15 bits per heavy atom. The van der Waals surface area contributed by atoms with Gasteiger partial charge in [0, 0.05) is 29.5 Å². The number of imide groups is 1. The van der Waals surface area contributed by atoms with Crippen LogP contribution >= 0.6 is 0 Å². The summed E-state index contributed by atoms with van der Waals surface area (Å²) in [4.78, 5) is 27.9. The molecule has 0 radical (unpaired) electrons. The van der Waals surface area contributed by atoms with Crippen molar-refractivity contribution in [1.82, 2.24) is 14.7 Å². The Balaban J connectivity index is 1.62. The molecule has 3 heterocycles. The number of nitrogens with zero attached hydrogens (tertiary/aromatic N) is 4. The SMILES string of the molecule is CCCOc1cccc(-c2nn(-c3ccccc3)cc2/C=C2/C(=O)N(CC3CCCO3)C(=O)C(C#N)=C2C)c1. The lowest BCUT2D eigenvalue weighted by molar-refractivity contribution is -0.142. The Hall–Kier alpha value is -4.48. The Labute approximate surface area is 227 Å². The number of benzene rings is 2. The van der Waals surface area contributed by atoms with Gasteiger partial charge in [-0.15, -0.1) is 0 Å². The van der Waals surface area contributed by atoms with E-state index in [1.165, 1.54) is 0 Å². The molecule has 5 rings (SSSR count). The Morgan fingerprint density at radius 3 is 2.69 bits per heavy atom. The zero-order valence-electron chi connectivity index (χ0n) is 22.1. The molecule has 2 aliphatic heterocycles. The van der Waals surface area contributed by atoms with Crippen molar-refractivity contribution in [2.24, 2.45) is 0 Å². The maximum atomic E-state index is 13.7. The van der Waals surface area contributed by atoms with Crippen molar-refractivity contribution in [1.29, 1.82) is 5.26 Å². The minimum Gasteiger partial charge on any atom is -0.494 e. The monoisotopic (exact) mass is 522 g/mol. The van der Waals surface area contributed by atoms with Gasteiger partial charge in [-0.3, -0.25) is 14.5 Å². The predicted octanol–water partition coefficient (Wildman–Crippen LogP) is 5.10. The van der Waals surface area contributed by atoms with Crippen LogP contribution in [-0.2, 0) is 14.3 Å². The molecule has 1 saturated heterocycles. The van der Waals surface area contributed by atoms with E-state index in [0.717, 1.165) is 41.2 Å². The van der Waals surface area contributed by atoms with Gasteiger partial charge in [0.15, 0.2) is 0 Å². The highest BCUT2D eigenvalue weighted by Gasteiger charge is 2.37. The fourth-order valence-electron chi connectivity index (χ4n) is 4.83. The van der Waals surface area contributed by atoms with E-state index in [-0.39, 0.29) is 23.8 Å². The number of hydrogen-bond acceptors (Lipinski definition) is 6. The number of hydrogen-bond donors (Lipinski definition) is 0. The molecule has 1 atom stereocenters. The number of aromatic nitrogens is 2. The average molecular weight is 523 g/mol. The van der Waals surface area contributed by atoms with Gasteiger partial charge >= 0.3 is 0 Å². The summed E-state index contributed by atoms with van der Waals surface area (Å²) in [6.07, 6.45) is 5.90. The Kier molecular flexibility index (Phi) is 7.71. The van der Waals surface area contributed by atoms with Gasteiger partial charge in [-0.1, -0.05) is 37.3 Å². The van der Waals surface area contributed by atoms with Crippen LogP contribution in [0.3, 0.4) is 0 Å². The van der Waals surface area contributed by atoms with Crippen molar-refractivity contribution < 1.29 is 19.1 Å². The molecule has 0 saturated carbocycles. The molecular weight excluding hydrogens is 492 g/mol. The van der Waals surface area contributed by atoms with E-state index in [2.05, 4.69) is 6.92 Å². The second kappa shape index (κ2) is 11.5. The van der Waals surface area contributed by atoms with Gasteiger partial charge in [0.05, 0.1) is 24.9 Å². The summed E-state index contributed by atoms with van der Waals surface area (Å²) in [5, 5.41) is 14.7. The summed E-state index contributed by atoms with van der Waals surface area (Å²) in [6, 6.07) is 19.4. The highest BCUT2D eigenvalue weighted by Crippen LogP contribution is 2.33. The van der Waals surface area contributed by atoms with E-state index in [9.17, 15) is 14.9 Å². The summed E-state index contributed by atoms with van der Waals surface area (Å²) >= 11 is 0. The van der Waals surface area contributed by atoms with Crippen LogP contribution in [0.4, 0.5) is 0 Å². The van der Waals surface area contributed by atoms with Crippen LogP contribution in [0.1, 0.15) is 38.7 Å². The van der Waals surface area contributed by atoms with E-state index < -0.39 is 11.8 Å². The largest absolute Gasteiger partial charge is 0.494 e. The van der Waals surface area contributed by atoms with Gasteiger partial charge in [-0.2, -0.15) is 10.4 Å². The van der Waals surface area contributed by atoms with E-state index in [4.69, 9.17) is 14.6 Å². The third kappa shape index (κ3) is 5.40. The minimum atomic E-state index is -0.575. The first kappa shape index (κ1) is 26.1. The third-order valence-corrected chi connectivity index (χ3v) is 6.88. The van der Waals surface area contributed by atoms with Gasteiger partial charge < -0.3 is 9.47 Å². The first-order valence-electron chi connectivity index (χ1n) is 13.2. The molecule has 8 nitrogen and oxygen atoms in total. The molecule has 2 amide bonds. The normalized spacial score (nSPS) is 18.6. The molecule has 0 aliphatic carbocycles. The van der Waals surface area contributed by atoms with Crippen molar-refractivity contribution in [2.45, 2.75) is 39.2 Å². The fraction of sp³-hybridized carbons (Fsp3) is 0.290. The first-order chi connectivity index (χ1) is 19.0. The van der Waals surface area contributed by atoms with Crippen LogP contribution in [0.2, 0.25) is 0 Å². The number of carbonyl (C=O) groups is 2. The van der Waals surface area contributed by atoms with Gasteiger partial charge in [0.1, 0.15) is 23.1 Å². The average Bonchev–Trinajstić information content (AvgIpc) is 3.63. The van der Waals surface area contributed by atoms with Crippen LogP contribution in [0.15, 0.2) is 77.5 Å². The van der Waals surface area contributed by atoms with Crippen LogP contribution in [0, 0.1) is 11.3 Å². The zero-order chi connectivity index (χ0) is 27.4. The molecule has 1 fully saturated rings. The summed E-state index contributed by atoms with van der Waals surface area (Å²) < 4.78 is 13.3. The highest BCUT2D eigenvalue weighted by atomic mass is 16.5. The first-order valence-corrected chi connectivity index (χ1v) is 13.2. The number of ether oxygens (including phenoxy) is 2. The van der Waals surface area contributed by atoms with E-state index in [0.29, 0.717) is 30.0 Å². The summed E-state index contributed by atoms with van der Waals surface area (Å²) in [7, 11) is 0. The molecule has 198 valence electrons.